The molecule has 1 aromatic carbocycles. The van der Waals surface area contributed by atoms with E-state index in [4.69, 9.17) is 4.74 Å². The zero-order valence-electron chi connectivity index (χ0n) is 12.5. The van der Waals surface area contributed by atoms with E-state index < -0.39 is 0 Å². The molecule has 2 amide bonds. The lowest BCUT2D eigenvalue weighted by atomic mass is 10.0. The van der Waals surface area contributed by atoms with Crippen LogP contribution < -0.4 is 16.0 Å². The smallest absolute Gasteiger partial charge is 0.251 e. The normalized spacial score (nSPS) is 21.7. The molecule has 1 aliphatic heterocycles. The van der Waals surface area contributed by atoms with Crippen LogP contribution >= 0.6 is 0 Å². The van der Waals surface area contributed by atoms with Crippen molar-refractivity contribution in [3.05, 3.63) is 29.3 Å². The Morgan fingerprint density at radius 1 is 1.38 bits per heavy atom. The number of ether oxygens (including phenoxy) is 1. The lowest BCUT2D eigenvalue weighted by molar-refractivity contribution is -0.123. The van der Waals surface area contributed by atoms with Crippen molar-refractivity contribution in [2.24, 2.45) is 0 Å². The van der Waals surface area contributed by atoms with E-state index in [0.29, 0.717) is 24.4 Å². The van der Waals surface area contributed by atoms with Gasteiger partial charge in [-0.2, -0.15) is 0 Å². The van der Waals surface area contributed by atoms with Gasteiger partial charge in [0, 0.05) is 24.8 Å². The summed E-state index contributed by atoms with van der Waals surface area (Å²) in [6, 6.07) is 4.88. The molecule has 1 aromatic rings. The van der Waals surface area contributed by atoms with Crippen molar-refractivity contribution in [3.63, 3.8) is 0 Å². The van der Waals surface area contributed by atoms with Gasteiger partial charge in [-0.3, -0.25) is 9.59 Å². The van der Waals surface area contributed by atoms with Crippen molar-refractivity contribution in [2.75, 3.05) is 25.5 Å². The lowest BCUT2D eigenvalue weighted by Crippen LogP contribution is -2.53. The Morgan fingerprint density at radius 2 is 2.14 bits per heavy atom. The molecule has 21 heavy (non-hydrogen) atoms. The number of benzene rings is 1. The minimum Gasteiger partial charge on any atom is -0.375 e. The van der Waals surface area contributed by atoms with Gasteiger partial charge in [-0.1, -0.05) is 6.07 Å². The molecule has 1 heterocycles. The molecule has 1 saturated heterocycles. The molecule has 1 aliphatic rings. The van der Waals surface area contributed by atoms with Crippen LogP contribution in [0.2, 0.25) is 0 Å². The Kier molecular flexibility index (Phi) is 4.93. The van der Waals surface area contributed by atoms with Gasteiger partial charge in [0.05, 0.1) is 12.7 Å². The van der Waals surface area contributed by atoms with Crippen molar-refractivity contribution < 1.29 is 14.3 Å². The lowest BCUT2D eigenvalue weighted by Gasteiger charge is -2.29. The predicted molar refractivity (Wildman–Crippen MR) is 80.4 cm³/mol. The molecule has 3 N–H and O–H groups in total. The number of carbonyl (C=O) groups is 2. The number of hydrogen-bond acceptors (Lipinski definition) is 4. The van der Waals surface area contributed by atoms with Gasteiger partial charge in [0.25, 0.3) is 5.91 Å². The Labute approximate surface area is 124 Å². The van der Waals surface area contributed by atoms with E-state index >= 15 is 0 Å². The van der Waals surface area contributed by atoms with E-state index in [1.807, 2.05) is 13.8 Å². The second-order valence-corrected chi connectivity index (χ2v) is 5.05. The number of nitrogens with one attached hydrogen (secondary N) is 3. The Morgan fingerprint density at radius 3 is 2.81 bits per heavy atom. The third-order valence-corrected chi connectivity index (χ3v) is 3.66. The number of rotatable bonds is 3. The van der Waals surface area contributed by atoms with Gasteiger partial charge in [0.2, 0.25) is 5.91 Å². The highest BCUT2D eigenvalue weighted by Crippen LogP contribution is 2.19. The monoisotopic (exact) mass is 291 g/mol. The molecule has 0 aliphatic carbocycles. The maximum Gasteiger partial charge on any atom is 0.251 e. The molecule has 0 bridgehead atoms. The Hall–Kier alpha value is -1.92. The molecular formula is C15H21N3O3. The van der Waals surface area contributed by atoms with Crippen molar-refractivity contribution in [2.45, 2.75) is 26.0 Å². The van der Waals surface area contributed by atoms with Gasteiger partial charge < -0.3 is 20.7 Å². The minimum absolute atomic E-state index is 0.153. The summed E-state index contributed by atoms with van der Waals surface area (Å²) < 4.78 is 5.47. The second-order valence-electron chi connectivity index (χ2n) is 5.05. The summed E-state index contributed by atoms with van der Waals surface area (Å²) in [5, 5.41) is 8.60. The van der Waals surface area contributed by atoms with Gasteiger partial charge in [0.15, 0.2) is 0 Å². The van der Waals surface area contributed by atoms with Crippen LogP contribution in [0.1, 0.15) is 22.8 Å². The topological polar surface area (TPSA) is 79.5 Å². The molecule has 2 rings (SSSR count). The fourth-order valence-corrected chi connectivity index (χ4v) is 2.39. The van der Waals surface area contributed by atoms with Gasteiger partial charge >= 0.3 is 0 Å². The van der Waals surface area contributed by atoms with Crippen LogP contribution in [0.4, 0.5) is 5.69 Å². The zero-order chi connectivity index (χ0) is 15.4. The van der Waals surface area contributed by atoms with Gasteiger partial charge in [-0.25, -0.2) is 0 Å². The first-order valence-electron chi connectivity index (χ1n) is 7.02. The van der Waals surface area contributed by atoms with Crippen LogP contribution in [0, 0.1) is 6.92 Å². The maximum absolute atomic E-state index is 12.3. The Bertz CT molecular complexity index is 545. The summed E-state index contributed by atoms with van der Waals surface area (Å²) in [6.45, 7) is 4.94. The summed E-state index contributed by atoms with van der Waals surface area (Å²) in [5.74, 6) is -0.324. The molecule has 114 valence electrons. The average Bonchev–Trinajstić information content (AvgIpc) is 2.49. The summed E-state index contributed by atoms with van der Waals surface area (Å²) >= 11 is 0. The molecule has 0 saturated carbocycles. The van der Waals surface area contributed by atoms with E-state index in [0.717, 1.165) is 5.56 Å². The number of carbonyl (C=O) groups excluding carboxylic acids is 2. The fraction of sp³-hybridized carbons (Fsp3) is 0.467. The summed E-state index contributed by atoms with van der Waals surface area (Å²) in [7, 11) is 1.58. The first kappa shape index (κ1) is 15.5. The summed E-state index contributed by atoms with van der Waals surface area (Å²) in [4.78, 5) is 24.1. The molecule has 6 nitrogen and oxygen atoms in total. The molecule has 0 radical (unpaired) electrons. The van der Waals surface area contributed by atoms with Gasteiger partial charge in [0.1, 0.15) is 6.04 Å². The van der Waals surface area contributed by atoms with E-state index in [1.165, 1.54) is 0 Å². The first-order valence-corrected chi connectivity index (χ1v) is 7.02. The van der Waals surface area contributed by atoms with Crippen molar-refractivity contribution in [1.82, 2.24) is 10.6 Å². The third kappa shape index (κ3) is 3.40. The van der Waals surface area contributed by atoms with E-state index in [1.54, 1.807) is 25.2 Å². The fourth-order valence-electron chi connectivity index (χ4n) is 2.39. The van der Waals surface area contributed by atoms with Crippen molar-refractivity contribution in [3.8, 4) is 0 Å². The van der Waals surface area contributed by atoms with Crippen LogP contribution in [0.5, 0.6) is 0 Å². The number of morpholine rings is 1. The van der Waals surface area contributed by atoms with E-state index in [-0.39, 0.29) is 24.0 Å². The van der Waals surface area contributed by atoms with Crippen LogP contribution in [-0.4, -0.2) is 44.2 Å². The minimum atomic E-state index is -0.387. The predicted octanol–water partition coefficient (Wildman–Crippen LogP) is 0.670. The summed E-state index contributed by atoms with van der Waals surface area (Å²) in [5.41, 5.74) is 1.94. The number of hydrogen-bond donors (Lipinski definition) is 3. The van der Waals surface area contributed by atoms with E-state index in [2.05, 4.69) is 16.0 Å². The van der Waals surface area contributed by atoms with Crippen LogP contribution in [-0.2, 0) is 9.53 Å². The van der Waals surface area contributed by atoms with Crippen molar-refractivity contribution in [1.29, 1.82) is 0 Å². The molecule has 0 aromatic heterocycles. The largest absolute Gasteiger partial charge is 0.375 e. The highest BCUT2D eigenvalue weighted by molar-refractivity contribution is 6.00. The third-order valence-electron chi connectivity index (χ3n) is 3.66. The van der Waals surface area contributed by atoms with Crippen LogP contribution in [0.3, 0.4) is 0 Å². The standard InChI is InChI=1S/C15H21N3O3/c1-9-11(14(19)16-3)5-4-6-12(9)18-15(20)13-10(2)21-8-7-17-13/h4-6,10,13,17H,7-8H2,1-3H3,(H,16,19)(H,18,20)/t10-,13+/m1/s1. The molecule has 1 fully saturated rings. The summed E-state index contributed by atoms with van der Waals surface area (Å²) in [6.07, 6.45) is -0.179. The molecule has 0 unspecified atom stereocenters. The van der Waals surface area contributed by atoms with E-state index in [9.17, 15) is 9.59 Å². The zero-order valence-corrected chi connectivity index (χ0v) is 12.5. The SMILES string of the molecule is CNC(=O)c1cccc(NC(=O)[C@H]2NCCO[C@@H]2C)c1C. The molecule has 2 atom stereocenters. The molecular weight excluding hydrogens is 270 g/mol. The second kappa shape index (κ2) is 6.69. The van der Waals surface area contributed by atoms with Gasteiger partial charge in [-0.05, 0) is 31.5 Å². The number of amides is 2. The number of anilines is 1. The van der Waals surface area contributed by atoms with Crippen molar-refractivity contribution >= 4 is 17.5 Å². The quantitative estimate of drug-likeness (QED) is 0.765. The average molecular weight is 291 g/mol. The molecule has 0 spiro atoms. The van der Waals surface area contributed by atoms with Crippen LogP contribution in [0.15, 0.2) is 18.2 Å². The highest BCUT2D eigenvalue weighted by Gasteiger charge is 2.28. The maximum atomic E-state index is 12.3. The Balaban J connectivity index is 2.16. The van der Waals surface area contributed by atoms with Gasteiger partial charge in [-0.15, -0.1) is 0 Å². The molecule has 6 heteroatoms. The highest BCUT2D eigenvalue weighted by atomic mass is 16.5. The van der Waals surface area contributed by atoms with Crippen LogP contribution in [0.25, 0.3) is 0 Å². The first-order chi connectivity index (χ1) is 10.0.